The van der Waals surface area contributed by atoms with Crippen LogP contribution in [0.3, 0.4) is 0 Å². The molecular weight excluding hydrogens is 302 g/mol. The Balaban J connectivity index is 1.55. The predicted molar refractivity (Wildman–Crippen MR) is 84.0 cm³/mol. The molecule has 118 valence electrons. The van der Waals surface area contributed by atoms with Gasteiger partial charge in [-0.3, -0.25) is 14.2 Å². The number of halogens is 1. The van der Waals surface area contributed by atoms with E-state index in [1.807, 2.05) is 7.05 Å². The highest BCUT2D eigenvalue weighted by Gasteiger charge is 2.23. The lowest BCUT2D eigenvalue weighted by atomic mass is 9.95. The molecule has 0 aliphatic heterocycles. The number of nitrogens with one attached hydrogen (secondary N) is 1. The lowest BCUT2D eigenvalue weighted by Crippen LogP contribution is -2.28. The van der Waals surface area contributed by atoms with Crippen molar-refractivity contribution in [3.63, 3.8) is 0 Å². The summed E-state index contributed by atoms with van der Waals surface area (Å²) in [6.07, 6.45) is 8.44. The summed E-state index contributed by atoms with van der Waals surface area (Å²) in [6, 6.07) is 0. The fourth-order valence-electron chi connectivity index (χ4n) is 2.95. The van der Waals surface area contributed by atoms with Crippen molar-refractivity contribution < 1.29 is 4.79 Å². The molecule has 0 atom stereocenters. The molecule has 0 fully saturated rings. The van der Waals surface area contributed by atoms with E-state index in [1.165, 1.54) is 0 Å². The molecule has 0 saturated heterocycles. The van der Waals surface area contributed by atoms with Crippen molar-refractivity contribution in [2.45, 2.75) is 38.6 Å². The van der Waals surface area contributed by atoms with Crippen molar-refractivity contribution in [1.82, 2.24) is 24.9 Å². The van der Waals surface area contributed by atoms with Crippen LogP contribution in [-0.2, 0) is 26.4 Å². The number of hydrogen-bond acceptors (Lipinski definition) is 3. The van der Waals surface area contributed by atoms with Gasteiger partial charge in [-0.15, -0.1) is 0 Å². The molecule has 1 aliphatic carbocycles. The van der Waals surface area contributed by atoms with Crippen molar-refractivity contribution in [3.8, 4) is 0 Å². The van der Waals surface area contributed by atoms with Gasteiger partial charge in [0.05, 0.1) is 16.9 Å². The first-order valence-corrected chi connectivity index (χ1v) is 8.04. The number of nitrogens with zero attached hydrogens (tertiary/aromatic N) is 4. The third-order valence-electron chi connectivity index (χ3n) is 3.99. The number of fused-ring (bicyclic) bond motifs is 1. The molecule has 0 saturated carbocycles. The van der Waals surface area contributed by atoms with Crippen LogP contribution in [0.1, 0.15) is 41.0 Å². The van der Waals surface area contributed by atoms with Crippen LogP contribution < -0.4 is 5.32 Å². The average Bonchev–Trinajstić information content (AvgIpc) is 3.05. The molecule has 3 rings (SSSR count). The van der Waals surface area contributed by atoms with Gasteiger partial charge in [0, 0.05) is 31.9 Å². The second-order valence-electron chi connectivity index (χ2n) is 5.64. The van der Waals surface area contributed by atoms with Gasteiger partial charge in [0.15, 0.2) is 0 Å². The third-order valence-corrected chi connectivity index (χ3v) is 4.18. The summed E-state index contributed by atoms with van der Waals surface area (Å²) in [5, 5.41) is 12.2. The standard InChI is InChI=1S/C15H20ClN5O/c1-20-14(12-5-2-3-6-13(12)19-20)15(22)17-7-4-8-21-10-11(16)9-18-21/h9-10H,2-8H2,1H3,(H,17,22). The molecular formula is C15H20ClN5O. The third kappa shape index (κ3) is 3.16. The Morgan fingerprint density at radius 3 is 3.00 bits per heavy atom. The van der Waals surface area contributed by atoms with E-state index in [4.69, 9.17) is 11.6 Å². The van der Waals surface area contributed by atoms with Crippen LogP contribution in [0.2, 0.25) is 5.02 Å². The lowest BCUT2D eigenvalue weighted by Gasteiger charge is -2.11. The van der Waals surface area contributed by atoms with E-state index in [2.05, 4.69) is 15.5 Å². The van der Waals surface area contributed by atoms with E-state index in [0.717, 1.165) is 55.6 Å². The molecule has 2 aromatic heterocycles. The molecule has 1 amide bonds. The highest BCUT2D eigenvalue weighted by molar-refractivity contribution is 6.30. The first kappa shape index (κ1) is 15.1. The Kier molecular flexibility index (Phi) is 4.47. The van der Waals surface area contributed by atoms with E-state index in [1.54, 1.807) is 21.8 Å². The minimum absolute atomic E-state index is 0.0309. The summed E-state index contributed by atoms with van der Waals surface area (Å²) in [4.78, 5) is 12.4. The molecule has 7 heteroatoms. The minimum atomic E-state index is -0.0309. The van der Waals surface area contributed by atoms with Crippen molar-refractivity contribution in [2.75, 3.05) is 6.54 Å². The maximum atomic E-state index is 12.4. The average molecular weight is 322 g/mol. The number of rotatable bonds is 5. The van der Waals surface area contributed by atoms with Crippen LogP contribution in [0.15, 0.2) is 12.4 Å². The topological polar surface area (TPSA) is 64.7 Å². The molecule has 0 spiro atoms. The smallest absolute Gasteiger partial charge is 0.269 e. The number of aryl methyl sites for hydroxylation is 3. The number of hydrogen-bond donors (Lipinski definition) is 1. The monoisotopic (exact) mass is 321 g/mol. The van der Waals surface area contributed by atoms with Crippen molar-refractivity contribution in [3.05, 3.63) is 34.4 Å². The number of carbonyl (C=O) groups is 1. The molecule has 1 N–H and O–H groups in total. The molecule has 2 aromatic rings. The van der Waals surface area contributed by atoms with Crippen LogP contribution in [-0.4, -0.2) is 32.0 Å². The maximum absolute atomic E-state index is 12.4. The Bertz CT molecular complexity index is 676. The SMILES string of the molecule is Cn1nc2c(c1C(=O)NCCCn1cc(Cl)cn1)CCCC2. The van der Waals surface area contributed by atoms with E-state index in [-0.39, 0.29) is 5.91 Å². The van der Waals surface area contributed by atoms with Gasteiger partial charge < -0.3 is 5.32 Å². The summed E-state index contributed by atoms with van der Waals surface area (Å²) in [5.74, 6) is -0.0309. The summed E-state index contributed by atoms with van der Waals surface area (Å²) in [5.41, 5.74) is 2.94. The zero-order chi connectivity index (χ0) is 15.5. The van der Waals surface area contributed by atoms with Crippen LogP contribution in [0.5, 0.6) is 0 Å². The van der Waals surface area contributed by atoms with Crippen molar-refractivity contribution in [1.29, 1.82) is 0 Å². The first-order valence-electron chi connectivity index (χ1n) is 7.66. The van der Waals surface area contributed by atoms with Gasteiger partial charge in [-0.25, -0.2) is 0 Å². The van der Waals surface area contributed by atoms with Crippen LogP contribution in [0, 0.1) is 0 Å². The lowest BCUT2D eigenvalue weighted by molar-refractivity contribution is 0.0942. The highest BCUT2D eigenvalue weighted by atomic mass is 35.5. The van der Waals surface area contributed by atoms with Crippen molar-refractivity contribution >= 4 is 17.5 Å². The molecule has 6 nitrogen and oxygen atoms in total. The van der Waals surface area contributed by atoms with Gasteiger partial charge in [-0.2, -0.15) is 10.2 Å². The number of carbonyl (C=O) groups excluding carboxylic acids is 1. The summed E-state index contributed by atoms with van der Waals surface area (Å²) in [7, 11) is 1.85. The fourth-order valence-corrected chi connectivity index (χ4v) is 3.11. The molecule has 0 unspecified atom stereocenters. The Labute approximate surface area is 134 Å². The van der Waals surface area contributed by atoms with Gasteiger partial charge in [-0.05, 0) is 32.1 Å². The summed E-state index contributed by atoms with van der Waals surface area (Å²) in [6.45, 7) is 1.34. The Morgan fingerprint density at radius 2 is 2.23 bits per heavy atom. The van der Waals surface area contributed by atoms with E-state index in [0.29, 0.717) is 11.6 Å². The first-order chi connectivity index (χ1) is 10.6. The second kappa shape index (κ2) is 6.52. The normalized spacial score (nSPS) is 13.9. The van der Waals surface area contributed by atoms with Gasteiger partial charge in [0.25, 0.3) is 5.91 Å². The van der Waals surface area contributed by atoms with Crippen molar-refractivity contribution in [2.24, 2.45) is 7.05 Å². The summed E-state index contributed by atoms with van der Waals surface area (Å²) >= 11 is 5.81. The molecule has 22 heavy (non-hydrogen) atoms. The number of amides is 1. The van der Waals surface area contributed by atoms with E-state index in [9.17, 15) is 4.79 Å². The largest absolute Gasteiger partial charge is 0.351 e. The Morgan fingerprint density at radius 1 is 1.41 bits per heavy atom. The zero-order valence-corrected chi connectivity index (χ0v) is 13.4. The maximum Gasteiger partial charge on any atom is 0.269 e. The molecule has 0 radical (unpaired) electrons. The minimum Gasteiger partial charge on any atom is -0.351 e. The van der Waals surface area contributed by atoms with Gasteiger partial charge >= 0.3 is 0 Å². The molecule has 1 aliphatic rings. The van der Waals surface area contributed by atoms with Crippen LogP contribution in [0.25, 0.3) is 0 Å². The van der Waals surface area contributed by atoms with Crippen LogP contribution >= 0.6 is 11.6 Å². The van der Waals surface area contributed by atoms with Gasteiger partial charge in [0.1, 0.15) is 5.69 Å². The quantitative estimate of drug-likeness (QED) is 0.856. The highest BCUT2D eigenvalue weighted by Crippen LogP contribution is 2.23. The number of aromatic nitrogens is 4. The Hall–Kier alpha value is -1.82. The molecule has 0 aromatic carbocycles. The van der Waals surface area contributed by atoms with Gasteiger partial charge in [-0.1, -0.05) is 11.6 Å². The summed E-state index contributed by atoms with van der Waals surface area (Å²) < 4.78 is 3.50. The van der Waals surface area contributed by atoms with Gasteiger partial charge in [0.2, 0.25) is 0 Å². The van der Waals surface area contributed by atoms with Crippen LogP contribution in [0.4, 0.5) is 0 Å². The van der Waals surface area contributed by atoms with E-state index >= 15 is 0 Å². The zero-order valence-electron chi connectivity index (χ0n) is 12.7. The van der Waals surface area contributed by atoms with E-state index < -0.39 is 0 Å². The second-order valence-corrected chi connectivity index (χ2v) is 6.07. The predicted octanol–water partition coefficient (Wildman–Crippen LogP) is 1.97. The molecule has 0 bridgehead atoms. The fraction of sp³-hybridized carbons (Fsp3) is 0.533. The molecule has 2 heterocycles.